The number of carbonyl (C=O) groups is 2. The summed E-state index contributed by atoms with van der Waals surface area (Å²) in [6, 6.07) is 11.6. The van der Waals surface area contributed by atoms with Gasteiger partial charge in [-0.3, -0.25) is 9.59 Å². The number of aliphatic hydroxyl groups excluding tert-OH is 1. The van der Waals surface area contributed by atoms with E-state index in [1.165, 1.54) is 17.0 Å². The second kappa shape index (κ2) is 9.75. The molecule has 2 aromatic rings. The van der Waals surface area contributed by atoms with Gasteiger partial charge in [0.05, 0.1) is 18.2 Å². The summed E-state index contributed by atoms with van der Waals surface area (Å²) in [6.45, 7) is 3.27. The van der Waals surface area contributed by atoms with Crippen LogP contribution in [0.15, 0.2) is 54.1 Å². The van der Waals surface area contributed by atoms with E-state index in [0.717, 1.165) is 6.42 Å². The number of ether oxygens (including phenoxy) is 1. The van der Waals surface area contributed by atoms with Crippen LogP contribution in [0.5, 0.6) is 5.75 Å². The minimum Gasteiger partial charge on any atom is -0.507 e. The van der Waals surface area contributed by atoms with Crippen molar-refractivity contribution in [2.75, 3.05) is 33.8 Å². The molecule has 0 bridgehead atoms. The molecule has 0 spiro atoms. The van der Waals surface area contributed by atoms with E-state index in [9.17, 15) is 19.1 Å². The summed E-state index contributed by atoms with van der Waals surface area (Å²) in [6.07, 6.45) is 0.862. The van der Waals surface area contributed by atoms with Gasteiger partial charge in [0.1, 0.15) is 17.3 Å². The van der Waals surface area contributed by atoms with Gasteiger partial charge in [-0.05, 0) is 50.8 Å². The van der Waals surface area contributed by atoms with Crippen molar-refractivity contribution in [2.45, 2.75) is 19.4 Å². The topological polar surface area (TPSA) is 70.1 Å². The highest BCUT2D eigenvalue weighted by Crippen LogP contribution is 2.40. The van der Waals surface area contributed by atoms with Gasteiger partial charge in [-0.2, -0.15) is 0 Å². The number of halogens is 1. The lowest BCUT2D eigenvalue weighted by molar-refractivity contribution is -0.140. The largest absolute Gasteiger partial charge is 0.507 e. The molecule has 6 nitrogen and oxygen atoms in total. The molecule has 0 aromatic heterocycles. The number of aliphatic hydroxyl groups is 1. The summed E-state index contributed by atoms with van der Waals surface area (Å²) < 4.78 is 20.2. The summed E-state index contributed by atoms with van der Waals surface area (Å²) >= 11 is 0. The first-order chi connectivity index (χ1) is 14.8. The average molecular weight is 426 g/mol. The van der Waals surface area contributed by atoms with E-state index in [1.54, 1.807) is 36.4 Å². The molecular formula is C24H27FN2O4. The van der Waals surface area contributed by atoms with Gasteiger partial charge >= 0.3 is 0 Å². The van der Waals surface area contributed by atoms with Crippen molar-refractivity contribution in [1.82, 2.24) is 9.80 Å². The van der Waals surface area contributed by atoms with Gasteiger partial charge in [0.25, 0.3) is 11.7 Å². The fraction of sp³-hybridized carbons (Fsp3) is 0.333. The number of likely N-dealkylation sites (tertiary alicyclic amines) is 1. The predicted molar refractivity (Wildman–Crippen MR) is 116 cm³/mol. The lowest BCUT2D eigenvalue weighted by Crippen LogP contribution is -2.35. The molecule has 164 valence electrons. The number of rotatable bonds is 8. The van der Waals surface area contributed by atoms with E-state index < -0.39 is 23.5 Å². The molecule has 2 aromatic carbocycles. The van der Waals surface area contributed by atoms with Crippen molar-refractivity contribution in [3.63, 3.8) is 0 Å². The third-order valence-corrected chi connectivity index (χ3v) is 5.13. The maximum absolute atomic E-state index is 14.7. The molecule has 0 radical (unpaired) electrons. The Balaban J connectivity index is 2.07. The van der Waals surface area contributed by atoms with E-state index in [-0.39, 0.29) is 23.4 Å². The van der Waals surface area contributed by atoms with E-state index in [4.69, 9.17) is 4.74 Å². The standard InChI is InChI=1S/C24H27FN2O4/c1-4-15-31-17-11-9-16(10-12-17)22(28)20-21(18-7-5-6-8-19(18)25)27(14-13-26(2)3)24(30)23(20)29/h5-12,21,28H,4,13-15H2,1-3H3/b22-20+. The zero-order chi connectivity index (χ0) is 22.5. The fourth-order valence-electron chi connectivity index (χ4n) is 3.52. The van der Waals surface area contributed by atoms with Gasteiger partial charge in [0.15, 0.2) is 0 Å². The van der Waals surface area contributed by atoms with Crippen LogP contribution in [0.1, 0.15) is 30.5 Å². The van der Waals surface area contributed by atoms with Gasteiger partial charge in [-0.15, -0.1) is 0 Å². The number of amides is 1. The van der Waals surface area contributed by atoms with Crippen LogP contribution >= 0.6 is 0 Å². The van der Waals surface area contributed by atoms with Crippen molar-refractivity contribution < 1.29 is 23.8 Å². The Kier molecular flexibility index (Phi) is 7.07. The average Bonchev–Trinajstić information content (AvgIpc) is 3.01. The summed E-state index contributed by atoms with van der Waals surface area (Å²) in [4.78, 5) is 28.9. The predicted octanol–water partition coefficient (Wildman–Crippen LogP) is 3.60. The molecule has 0 saturated carbocycles. The number of Topliss-reactive ketones (excluding diaryl/α,β-unsaturated/α-hetero) is 1. The normalized spacial score (nSPS) is 18.1. The molecule has 0 aliphatic carbocycles. The van der Waals surface area contributed by atoms with Crippen molar-refractivity contribution in [3.05, 3.63) is 71.0 Å². The van der Waals surface area contributed by atoms with E-state index in [0.29, 0.717) is 24.5 Å². The number of benzene rings is 2. The van der Waals surface area contributed by atoms with Crippen molar-refractivity contribution in [3.8, 4) is 5.75 Å². The molecule has 1 amide bonds. The van der Waals surface area contributed by atoms with Crippen LogP contribution in [0.3, 0.4) is 0 Å². The third kappa shape index (κ3) is 4.77. The molecule has 1 N–H and O–H groups in total. The second-order valence-corrected chi connectivity index (χ2v) is 7.69. The number of nitrogens with zero attached hydrogens (tertiary/aromatic N) is 2. The molecule has 1 aliphatic heterocycles. The van der Waals surface area contributed by atoms with Crippen molar-refractivity contribution >= 4 is 17.4 Å². The molecule has 1 atom stereocenters. The van der Waals surface area contributed by atoms with Gasteiger partial charge in [0, 0.05) is 24.2 Å². The van der Waals surface area contributed by atoms with E-state index >= 15 is 0 Å². The van der Waals surface area contributed by atoms with Crippen molar-refractivity contribution in [2.24, 2.45) is 0 Å². The number of ketones is 1. The maximum atomic E-state index is 14.7. The molecule has 1 saturated heterocycles. The highest BCUT2D eigenvalue weighted by molar-refractivity contribution is 6.46. The first-order valence-electron chi connectivity index (χ1n) is 10.3. The third-order valence-electron chi connectivity index (χ3n) is 5.13. The highest BCUT2D eigenvalue weighted by atomic mass is 19.1. The molecular weight excluding hydrogens is 399 g/mol. The monoisotopic (exact) mass is 426 g/mol. The SMILES string of the molecule is CCCOc1ccc(/C(O)=C2\C(=O)C(=O)N(CCN(C)C)C2c2ccccc2F)cc1. The number of hydrogen-bond acceptors (Lipinski definition) is 5. The van der Waals surface area contributed by atoms with Crippen LogP contribution < -0.4 is 4.74 Å². The Labute approximate surface area is 181 Å². The van der Waals surface area contributed by atoms with Crippen LogP contribution in [0.4, 0.5) is 4.39 Å². The molecule has 1 fully saturated rings. The van der Waals surface area contributed by atoms with Crippen LogP contribution in [0.25, 0.3) is 5.76 Å². The molecule has 7 heteroatoms. The van der Waals surface area contributed by atoms with Crippen LogP contribution in [-0.2, 0) is 9.59 Å². The minimum atomic E-state index is -1.00. The summed E-state index contributed by atoms with van der Waals surface area (Å²) in [5.74, 6) is -1.81. The van der Waals surface area contributed by atoms with Crippen LogP contribution in [0, 0.1) is 5.82 Å². The van der Waals surface area contributed by atoms with Gasteiger partial charge in [0.2, 0.25) is 0 Å². The highest BCUT2D eigenvalue weighted by Gasteiger charge is 2.46. The first kappa shape index (κ1) is 22.5. The Morgan fingerprint density at radius 3 is 2.42 bits per heavy atom. The zero-order valence-corrected chi connectivity index (χ0v) is 18.0. The molecule has 1 unspecified atom stereocenters. The number of likely N-dealkylation sites (N-methyl/N-ethyl adjacent to an activating group) is 1. The number of carbonyl (C=O) groups excluding carboxylic acids is 2. The fourth-order valence-corrected chi connectivity index (χ4v) is 3.52. The lowest BCUT2D eigenvalue weighted by Gasteiger charge is -2.26. The van der Waals surface area contributed by atoms with E-state index in [2.05, 4.69) is 0 Å². The Morgan fingerprint density at radius 1 is 1.13 bits per heavy atom. The molecule has 1 aliphatic rings. The van der Waals surface area contributed by atoms with Crippen molar-refractivity contribution in [1.29, 1.82) is 0 Å². The Morgan fingerprint density at radius 2 is 1.81 bits per heavy atom. The zero-order valence-electron chi connectivity index (χ0n) is 18.0. The minimum absolute atomic E-state index is 0.115. The summed E-state index contributed by atoms with van der Waals surface area (Å²) in [7, 11) is 3.69. The second-order valence-electron chi connectivity index (χ2n) is 7.69. The summed E-state index contributed by atoms with van der Waals surface area (Å²) in [5, 5.41) is 11.0. The van der Waals surface area contributed by atoms with Gasteiger partial charge < -0.3 is 19.6 Å². The molecule has 31 heavy (non-hydrogen) atoms. The smallest absolute Gasteiger partial charge is 0.295 e. The van der Waals surface area contributed by atoms with E-state index in [1.807, 2.05) is 25.9 Å². The van der Waals surface area contributed by atoms with Crippen LogP contribution in [-0.4, -0.2) is 60.4 Å². The maximum Gasteiger partial charge on any atom is 0.295 e. The number of hydrogen-bond donors (Lipinski definition) is 1. The summed E-state index contributed by atoms with van der Waals surface area (Å²) in [5.41, 5.74) is 0.414. The molecule has 1 heterocycles. The van der Waals surface area contributed by atoms with Gasteiger partial charge in [-0.25, -0.2) is 4.39 Å². The Bertz CT molecular complexity index is 985. The quantitative estimate of drug-likeness (QED) is 0.397. The van der Waals surface area contributed by atoms with Crippen LogP contribution in [0.2, 0.25) is 0 Å². The van der Waals surface area contributed by atoms with Gasteiger partial charge in [-0.1, -0.05) is 25.1 Å². The lowest BCUT2D eigenvalue weighted by atomic mass is 9.95. The Hall–Kier alpha value is -3.19. The first-order valence-corrected chi connectivity index (χ1v) is 10.3. The molecule has 3 rings (SSSR count).